The SMILES string of the molecule is Cc1cc(CN2CC(C(=O)O)C2)sc1-c1noc(-c2ccc(Oc3ccccc3)cc2)n1. The number of carbonyl (C=O) groups is 1. The first-order valence-corrected chi connectivity index (χ1v) is 11.1. The number of ether oxygens (including phenoxy) is 1. The van der Waals surface area contributed by atoms with E-state index in [-0.39, 0.29) is 5.92 Å². The third-order valence-electron chi connectivity index (χ3n) is 5.36. The minimum atomic E-state index is -0.719. The van der Waals surface area contributed by atoms with E-state index in [1.165, 1.54) is 0 Å². The number of thiophene rings is 1. The van der Waals surface area contributed by atoms with Crippen LogP contribution in [0.2, 0.25) is 0 Å². The molecule has 0 bridgehead atoms. The van der Waals surface area contributed by atoms with Crippen LogP contribution in [0.4, 0.5) is 0 Å². The summed E-state index contributed by atoms with van der Waals surface area (Å²) >= 11 is 1.62. The van der Waals surface area contributed by atoms with Crippen molar-refractivity contribution in [1.29, 1.82) is 0 Å². The van der Waals surface area contributed by atoms with Crippen LogP contribution in [-0.2, 0) is 11.3 Å². The minimum absolute atomic E-state index is 0.250. The number of para-hydroxylation sites is 1. The van der Waals surface area contributed by atoms with Gasteiger partial charge in [0.15, 0.2) is 0 Å². The number of aliphatic carboxylic acids is 1. The summed E-state index contributed by atoms with van der Waals surface area (Å²) in [6.45, 7) is 3.95. The third-order valence-corrected chi connectivity index (χ3v) is 6.58. The molecule has 1 aliphatic heterocycles. The predicted molar refractivity (Wildman–Crippen MR) is 121 cm³/mol. The number of likely N-dealkylation sites (tertiary alicyclic amines) is 1. The normalized spacial score (nSPS) is 14.3. The van der Waals surface area contributed by atoms with Crippen LogP contribution in [0.1, 0.15) is 10.4 Å². The van der Waals surface area contributed by atoms with Crippen molar-refractivity contribution in [2.75, 3.05) is 13.1 Å². The Bertz CT molecular complexity index is 1230. The van der Waals surface area contributed by atoms with E-state index in [0.717, 1.165) is 38.9 Å². The van der Waals surface area contributed by atoms with E-state index in [9.17, 15) is 4.79 Å². The number of hydrogen-bond acceptors (Lipinski definition) is 7. The maximum absolute atomic E-state index is 11.0. The van der Waals surface area contributed by atoms with Gasteiger partial charge in [0.1, 0.15) is 11.5 Å². The molecule has 1 saturated heterocycles. The molecule has 1 fully saturated rings. The molecule has 1 aliphatic rings. The summed E-state index contributed by atoms with van der Waals surface area (Å²) in [6, 6.07) is 19.3. The first-order chi connectivity index (χ1) is 15.5. The maximum atomic E-state index is 11.0. The minimum Gasteiger partial charge on any atom is -0.481 e. The molecular weight excluding hydrogens is 426 g/mol. The molecule has 0 radical (unpaired) electrons. The summed E-state index contributed by atoms with van der Waals surface area (Å²) in [5, 5.41) is 13.2. The van der Waals surface area contributed by atoms with E-state index in [2.05, 4.69) is 21.1 Å². The van der Waals surface area contributed by atoms with Gasteiger partial charge in [0, 0.05) is 30.1 Å². The zero-order chi connectivity index (χ0) is 22.1. The Kier molecular flexibility index (Phi) is 5.46. The van der Waals surface area contributed by atoms with Crippen LogP contribution in [0.5, 0.6) is 11.5 Å². The van der Waals surface area contributed by atoms with Gasteiger partial charge >= 0.3 is 5.97 Å². The van der Waals surface area contributed by atoms with E-state index >= 15 is 0 Å². The molecule has 0 saturated carbocycles. The molecule has 4 aromatic rings. The summed E-state index contributed by atoms with van der Waals surface area (Å²) in [6.07, 6.45) is 0. The molecule has 0 amide bonds. The number of hydrogen-bond donors (Lipinski definition) is 1. The van der Waals surface area contributed by atoms with Gasteiger partial charge in [-0.3, -0.25) is 9.69 Å². The summed E-state index contributed by atoms with van der Waals surface area (Å²) < 4.78 is 11.3. The standard InChI is InChI=1S/C24H21N3O4S/c1-15-11-20(14-27-12-17(13-27)24(28)29)32-21(15)22-25-23(31-26-22)16-7-9-19(10-8-16)30-18-5-3-2-4-6-18/h2-11,17H,12-14H2,1H3,(H,28,29). The van der Waals surface area contributed by atoms with Crippen molar-refractivity contribution in [3.05, 3.63) is 71.1 Å². The lowest BCUT2D eigenvalue weighted by molar-refractivity contribution is -0.147. The maximum Gasteiger partial charge on any atom is 0.309 e. The molecule has 8 heteroatoms. The van der Waals surface area contributed by atoms with Crippen LogP contribution in [-0.4, -0.2) is 39.2 Å². The summed E-state index contributed by atoms with van der Waals surface area (Å²) in [7, 11) is 0. The Morgan fingerprint density at radius 1 is 1.16 bits per heavy atom. The molecule has 2 aromatic carbocycles. The first-order valence-electron chi connectivity index (χ1n) is 10.3. The molecule has 0 atom stereocenters. The largest absolute Gasteiger partial charge is 0.481 e. The number of carboxylic acid groups (broad SMARTS) is 1. The van der Waals surface area contributed by atoms with Crippen LogP contribution < -0.4 is 4.74 Å². The Hall–Kier alpha value is -3.49. The van der Waals surface area contributed by atoms with Crippen LogP contribution in [0.15, 0.2) is 65.2 Å². The van der Waals surface area contributed by atoms with Crippen molar-refractivity contribution in [2.45, 2.75) is 13.5 Å². The van der Waals surface area contributed by atoms with Gasteiger partial charge < -0.3 is 14.4 Å². The van der Waals surface area contributed by atoms with Gasteiger partial charge in [0.2, 0.25) is 5.82 Å². The molecule has 162 valence electrons. The fourth-order valence-electron chi connectivity index (χ4n) is 3.65. The molecule has 2 aromatic heterocycles. The Labute approximate surface area is 188 Å². The quantitative estimate of drug-likeness (QED) is 0.422. The fourth-order valence-corrected chi connectivity index (χ4v) is 4.79. The van der Waals surface area contributed by atoms with Crippen LogP contribution in [0.25, 0.3) is 22.2 Å². The first kappa shape index (κ1) is 20.4. The molecule has 1 N–H and O–H groups in total. The molecule has 5 rings (SSSR count). The van der Waals surface area contributed by atoms with Crippen molar-refractivity contribution in [2.24, 2.45) is 5.92 Å². The van der Waals surface area contributed by atoms with E-state index < -0.39 is 5.97 Å². The Morgan fingerprint density at radius 2 is 1.88 bits per heavy atom. The molecular formula is C24H21N3O4S. The van der Waals surface area contributed by atoms with Crippen molar-refractivity contribution < 1.29 is 19.2 Å². The zero-order valence-electron chi connectivity index (χ0n) is 17.4. The molecule has 0 unspecified atom stereocenters. The second kappa shape index (κ2) is 8.57. The summed E-state index contributed by atoms with van der Waals surface area (Å²) in [5.41, 5.74) is 1.90. The zero-order valence-corrected chi connectivity index (χ0v) is 18.2. The summed E-state index contributed by atoms with van der Waals surface area (Å²) in [5.74, 6) is 1.55. The molecule has 32 heavy (non-hydrogen) atoms. The highest BCUT2D eigenvalue weighted by molar-refractivity contribution is 7.15. The highest BCUT2D eigenvalue weighted by Crippen LogP contribution is 2.34. The Balaban J connectivity index is 1.27. The lowest BCUT2D eigenvalue weighted by Crippen LogP contribution is -2.49. The van der Waals surface area contributed by atoms with E-state index in [4.69, 9.17) is 14.4 Å². The van der Waals surface area contributed by atoms with Gasteiger partial charge in [-0.2, -0.15) is 4.98 Å². The van der Waals surface area contributed by atoms with Gasteiger partial charge in [0.05, 0.1) is 10.8 Å². The van der Waals surface area contributed by atoms with Crippen molar-refractivity contribution in [3.63, 3.8) is 0 Å². The smallest absolute Gasteiger partial charge is 0.309 e. The summed E-state index contributed by atoms with van der Waals surface area (Å²) in [4.78, 5) is 19.8. The number of nitrogens with zero attached hydrogens (tertiary/aromatic N) is 3. The lowest BCUT2D eigenvalue weighted by Gasteiger charge is -2.36. The average Bonchev–Trinajstić information content (AvgIpc) is 3.38. The van der Waals surface area contributed by atoms with Gasteiger partial charge in [-0.1, -0.05) is 23.4 Å². The van der Waals surface area contributed by atoms with Crippen LogP contribution in [0.3, 0.4) is 0 Å². The second-order valence-electron chi connectivity index (χ2n) is 7.82. The van der Waals surface area contributed by atoms with Crippen LogP contribution >= 0.6 is 11.3 Å². The van der Waals surface area contributed by atoms with Gasteiger partial charge in [0.25, 0.3) is 5.89 Å². The molecule has 7 nitrogen and oxygen atoms in total. The van der Waals surface area contributed by atoms with E-state index in [0.29, 0.717) is 24.8 Å². The molecule has 0 spiro atoms. The molecule has 3 heterocycles. The predicted octanol–water partition coefficient (Wildman–Crippen LogP) is 5.08. The monoisotopic (exact) mass is 447 g/mol. The second-order valence-corrected chi connectivity index (χ2v) is 8.95. The number of carboxylic acids is 1. The number of benzene rings is 2. The van der Waals surface area contributed by atoms with Crippen molar-refractivity contribution >= 4 is 17.3 Å². The van der Waals surface area contributed by atoms with Crippen molar-refractivity contribution in [3.8, 4) is 33.7 Å². The number of aromatic nitrogens is 2. The Morgan fingerprint density at radius 3 is 2.59 bits per heavy atom. The number of rotatable bonds is 7. The number of aryl methyl sites for hydroxylation is 1. The van der Waals surface area contributed by atoms with E-state index in [1.54, 1.807) is 11.3 Å². The van der Waals surface area contributed by atoms with Gasteiger partial charge in [-0.15, -0.1) is 11.3 Å². The van der Waals surface area contributed by atoms with E-state index in [1.807, 2.05) is 61.5 Å². The van der Waals surface area contributed by atoms with Gasteiger partial charge in [-0.05, 0) is 55.0 Å². The van der Waals surface area contributed by atoms with Crippen LogP contribution in [0, 0.1) is 12.8 Å². The average molecular weight is 448 g/mol. The third kappa shape index (κ3) is 4.28. The highest BCUT2D eigenvalue weighted by Gasteiger charge is 2.32. The lowest BCUT2D eigenvalue weighted by atomic mass is 10.0. The fraction of sp³-hybridized carbons (Fsp3) is 0.208. The van der Waals surface area contributed by atoms with Gasteiger partial charge in [-0.25, -0.2) is 0 Å². The highest BCUT2D eigenvalue weighted by atomic mass is 32.1. The topological polar surface area (TPSA) is 88.7 Å². The molecule has 0 aliphatic carbocycles. The van der Waals surface area contributed by atoms with Crippen molar-refractivity contribution in [1.82, 2.24) is 15.0 Å².